The van der Waals surface area contributed by atoms with Gasteiger partial charge < -0.3 is 0 Å². The van der Waals surface area contributed by atoms with Crippen LogP contribution in [0.2, 0.25) is 0 Å². The summed E-state index contributed by atoms with van der Waals surface area (Å²) in [5.74, 6) is 0.0405. The minimum Gasteiger partial charge on any atom is -0.289 e. The number of carbonyl (C=O) groups is 2. The van der Waals surface area contributed by atoms with Crippen molar-refractivity contribution in [3.05, 3.63) is 89.0 Å². The maximum atomic E-state index is 13.4. The van der Waals surface area contributed by atoms with Gasteiger partial charge in [-0.3, -0.25) is 9.59 Å². The van der Waals surface area contributed by atoms with E-state index in [1.165, 1.54) is 0 Å². The molecule has 2 nitrogen and oxygen atoms in total. The third-order valence-corrected chi connectivity index (χ3v) is 5.55. The van der Waals surface area contributed by atoms with Crippen LogP contribution in [0.1, 0.15) is 31.8 Å². The Morgan fingerprint density at radius 1 is 0.538 bits per heavy atom. The van der Waals surface area contributed by atoms with Gasteiger partial charge in [0.2, 0.25) is 0 Å². The van der Waals surface area contributed by atoms with E-state index in [1.807, 2.05) is 54.6 Å². The number of allylic oxidation sites excluding steroid dienone is 1. The van der Waals surface area contributed by atoms with Crippen LogP contribution >= 0.6 is 0 Å². The summed E-state index contributed by atoms with van der Waals surface area (Å²) in [6, 6.07) is 19.6. The highest BCUT2D eigenvalue weighted by molar-refractivity contribution is 6.37. The monoisotopic (exact) mass is 332 g/mol. The molecule has 2 aliphatic carbocycles. The summed E-state index contributed by atoms with van der Waals surface area (Å²) in [5, 5.41) is 3.54. The molecular weight excluding hydrogens is 320 g/mol. The number of hydrogen-bond donors (Lipinski definition) is 0. The van der Waals surface area contributed by atoms with E-state index in [-0.39, 0.29) is 11.6 Å². The van der Waals surface area contributed by atoms with Crippen molar-refractivity contribution in [3.63, 3.8) is 0 Å². The zero-order chi connectivity index (χ0) is 17.4. The van der Waals surface area contributed by atoms with Gasteiger partial charge in [0.05, 0.1) is 0 Å². The lowest BCUT2D eigenvalue weighted by Crippen LogP contribution is -2.14. The Morgan fingerprint density at radius 3 is 2.04 bits per heavy atom. The first kappa shape index (κ1) is 13.7. The summed E-state index contributed by atoms with van der Waals surface area (Å²) in [7, 11) is 0. The standard InChI is InChI=1S/C24H12O2/c25-19-12-10-13-9-11-17-14-5-1-4-8-18(14)24(26)23-16-7-3-2-6-15(16)21(19)20(13)22(17)23/h1-12H. The number of carbonyl (C=O) groups excluding carboxylic acids is 2. The molecule has 0 bridgehead atoms. The Hall–Kier alpha value is -3.52. The summed E-state index contributed by atoms with van der Waals surface area (Å²) in [4.78, 5) is 26.2. The molecule has 0 radical (unpaired) electrons. The Bertz CT molecular complexity index is 1360. The number of benzene rings is 4. The van der Waals surface area contributed by atoms with Gasteiger partial charge in [-0.05, 0) is 33.5 Å². The Labute approximate surface area is 149 Å². The maximum absolute atomic E-state index is 13.4. The second-order valence-electron chi connectivity index (χ2n) is 6.82. The first-order chi connectivity index (χ1) is 12.8. The Morgan fingerprint density at radius 2 is 1.23 bits per heavy atom. The van der Waals surface area contributed by atoms with Crippen LogP contribution in [-0.2, 0) is 0 Å². The highest BCUT2D eigenvalue weighted by atomic mass is 16.1. The minimum atomic E-state index is 0.00343. The highest BCUT2D eigenvalue weighted by Crippen LogP contribution is 2.46. The third kappa shape index (κ3) is 1.48. The van der Waals surface area contributed by atoms with Crippen LogP contribution in [0.4, 0.5) is 0 Å². The van der Waals surface area contributed by atoms with Crippen LogP contribution in [0.5, 0.6) is 0 Å². The van der Waals surface area contributed by atoms with Crippen molar-refractivity contribution in [2.45, 2.75) is 0 Å². The fourth-order valence-electron chi connectivity index (χ4n) is 4.49. The van der Waals surface area contributed by atoms with E-state index in [0.29, 0.717) is 5.56 Å². The average Bonchev–Trinajstić information content (AvgIpc) is 2.69. The molecular formula is C24H12O2. The fourth-order valence-corrected chi connectivity index (χ4v) is 4.49. The predicted octanol–water partition coefficient (Wildman–Crippen LogP) is 5.41. The van der Waals surface area contributed by atoms with E-state index in [0.717, 1.165) is 49.4 Å². The van der Waals surface area contributed by atoms with Crippen molar-refractivity contribution in [2.24, 2.45) is 0 Å². The van der Waals surface area contributed by atoms with Crippen molar-refractivity contribution in [3.8, 4) is 11.1 Å². The largest absolute Gasteiger partial charge is 0.289 e. The van der Waals surface area contributed by atoms with Crippen molar-refractivity contribution in [1.82, 2.24) is 0 Å². The van der Waals surface area contributed by atoms with Crippen LogP contribution in [-0.4, -0.2) is 11.6 Å². The molecule has 26 heavy (non-hydrogen) atoms. The third-order valence-electron chi connectivity index (χ3n) is 5.55. The first-order valence-electron chi connectivity index (χ1n) is 8.63. The summed E-state index contributed by atoms with van der Waals surface area (Å²) in [6.07, 6.45) is 3.49. The zero-order valence-corrected chi connectivity index (χ0v) is 13.7. The van der Waals surface area contributed by atoms with E-state index in [4.69, 9.17) is 0 Å². The second kappa shape index (κ2) is 4.55. The van der Waals surface area contributed by atoms with Crippen LogP contribution in [0, 0.1) is 0 Å². The summed E-state index contributed by atoms with van der Waals surface area (Å²) in [6.45, 7) is 0. The molecule has 0 saturated heterocycles. The van der Waals surface area contributed by atoms with Gasteiger partial charge in [0, 0.05) is 27.5 Å². The number of ketones is 2. The van der Waals surface area contributed by atoms with Crippen LogP contribution < -0.4 is 0 Å². The molecule has 0 amide bonds. The Kier molecular flexibility index (Phi) is 2.41. The molecule has 6 rings (SSSR count). The van der Waals surface area contributed by atoms with Crippen LogP contribution in [0.25, 0.3) is 38.7 Å². The minimum absolute atomic E-state index is 0.00343. The number of hydrogen-bond acceptors (Lipinski definition) is 2. The van der Waals surface area contributed by atoms with Gasteiger partial charge in [-0.2, -0.15) is 0 Å². The van der Waals surface area contributed by atoms with E-state index < -0.39 is 0 Å². The molecule has 0 aromatic heterocycles. The Balaban J connectivity index is 2.00. The van der Waals surface area contributed by atoms with Crippen LogP contribution in [0.15, 0.2) is 66.7 Å². The molecule has 0 aliphatic heterocycles. The lowest BCUT2D eigenvalue weighted by atomic mass is 9.76. The van der Waals surface area contributed by atoms with Gasteiger partial charge in [0.1, 0.15) is 0 Å². The average molecular weight is 332 g/mol. The molecule has 0 N–H and O–H groups in total. The molecule has 120 valence electrons. The molecule has 0 fully saturated rings. The predicted molar refractivity (Wildman–Crippen MR) is 104 cm³/mol. The lowest BCUT2D eigenvalue weighted by molar-refractivity contribution is 0.103. The number of rotatable bonds is 0. The SMILES string of the molecule is O=C1C=Cc2ccc3c4c(c5ccccc5c1c24)C(=O)c1ccccc1-3. The molecule has 2 aliphatic rings. The van der Waals surface area contributed by atoms with Crippen molar-refractivity contribution in [2.75, 3.05) is 0 Å². The van der Waals surface area contributed by atoms with Gasteiger partial charge in [-0.15, -0.1) is 0 Å². The highest BCUT2D eigenvalue weighted by Gasteiger charge is 2.31. The normalized spacial score (nSPS) is 14.2. The topological polar surface area (TPSA) is 34.1 Å². The van der Waals surface area contributed by atoms with Gasteiger partial charge in [-0.1, -0.05) is 66.7 Å². The second-order valence-corrected chi connectivity index (χ2v) is 6.82. The fraction of sp³-hybridized carbons (Fsp3) is 0. The van der Waals surface area contributed by atoms with Crippen molar-refractivity contribution in [1.29, 1.82) is 0 Å². The molecule has 0 heterocycles. The molecule has 0 spiro atoms. The lowest BCUT2D eigenvalue weighted by Gasteiger charge is -2.25. The van der Waals surface area contributed by atoms with Gasteiger partial charge in [-0.25, -0.2) is 0 Å². The van der Waals surface area contributed by atoms with Crippen LogP contribution in [0.3, 0.4) is 0 Å². The summed E-state index contributed by atoms with van der Waals surface area (Å²) in [5.41, 5.74) is 5.14. The quantitative estimate of drug-likeness (QED) is 0.355. The van der Waals surface area contributed by atoms with Gasteiger partial charge in [0.25, 0.3) is 0 Å². The number of fused-ring (bicyclic) bond motifs is 5. The molecule has 0 saturated carbocycles. The van der Waals surface area contributed by atoms with E-state index in [9.17, 15) is 9.59 Å². The molecule has 2 heteroatoms. The summed E-state index contributed by atoms with van der Waals surface area (Å²) < 4.78 is 0. The van der Waals surface area contributed by atoms with Crippen molar-refractivity contribution < 1.29 is 9.59 Å². The van der Waals surface area contributed by atoms with E-state index in [1.54, 1.807) is 6.08 Å². The van der Waals surface area contributed by atoms with E-state index >= 15 is 0 Å². The summed E-state index contributed by atoms with van der Waals surface area (Å²) >= 11 is 0. The van der Waals surface area contributed by atoms with Crippen molar-refractivity contribution >= 4 is 39.2 Å². The molecule has 0 unspecified atom stereocenters. The van der Waals surface area contributed by atoms with Gasteiger partial charge in [0.15, 0.2) is 11.6 Å². The molecule has 4 aromatic rings. The van der Waals surface area contributed by atoms with Gasteiger partial charge >= 0.3 is 0 Å². The van der Waals surface area contributed by atoms with E-state index in [2.05, 4.69) is 12.1 Å². The first-order valence-corrected chi connectivity index (χ1v) is 8.63. The molecule has 0 atom stereocenters. The maximum Gasteiger partial charge on any atom is 0.194 e. The molecule has 4 aromatic carbocycles. The zero-order valence-electron chi connectivity index (χ0n) is 13.7. The smallest absolute Gasteiger partial charge is 0.194 e.